The first-order valence-corrected chi connectivity index (χ1v) is 7.75. The van der Waals surface area contributed by atoms with Crippen LogP contribution >= 0.6 is 15.2 Å². The molecule has 0 aliphatic rings. The van der Waals surface area contributed by atoms with E-state index in [1.807, 2.05) is 0 Å². The minimum Gasteiger partial charge on any atom is -1.00 e. The van der Waals surface area contributed by atoms with Gasteiger partial charge in [-0.25, -0.2) is 0 Å². The Morgan fingerprint density at radius 1 is 1.21 bits per heavy atom. The molecule has 13 heteroatoms. The first-order valence-electron chi connectivity index (χ1n) is 4.53. The van der Waals surface area contributed by atoms with Crippen molar-refractivity contribution < 1.29 is 46.6 Å². The van der Waals surface area contributed by atoms with Crippen molar-refractivity contribution in [1.29, 1.82) is 0 Å². The number of carbonyl (C=O) groups is 1. The van der Waals surface area contributed by atoms with Gasteiger partial charge in [0.1, 0.15) is 0 Å². The van der Waals surface area contributed by atoms with Gasteiger partial charge in [0.15, 0.2) is 0 Å². The fraction of sp³-hybridized carbons (Fsp3) is 0.833. The zero-order valence-electron chi connectivity index (χ0n) is 12.2. The third kappa shape index (κ3) is 9.49. The summed E-state index contributed by atoms with van der Waals surface area (Å²) < 4.78 is 21.4. The van der Waals surface area contributed by atoms with Gasteiger partial charge in [-0.15, -0.1) is 0 Å². The van der Waals surface area contributed by atoms with Gasteiger partial charge in [0.25, 0.3) is 11.1 Å². The van der Waals surface area contributed by atoms with E-state index in [0.29, 0.717) is 0 Å². The van der Waals surface area contributed by atoms with Crippen molar-refractivity contribution >= 4 is 58.9 Å². The van der Waals surface area contributed by atoms with E-state index in [4.69, 9.17) is 35.2 Å². The molecule has 0 spiro atoms. The molecule has 114 valence electrons. The summed E-state index contributed by atoms with van der Waals surface area (Å²) in [5.74, 6) is -0.833. The SMILES string of the molecule is CC(=O)O.NCCCC(O)(P(=O)(O)O)P(=O)(O)O.[Ca+2].[H-].[H-]. The van der Waals surface area contributed by atoms with E-state index in [0.717, 1.165) is 6.92 Å². The topological polar surface area (TPSA) is 199 Å². The largest absolute Gasteiger partial charge is 2.00 e. The van der Waals surface area contributed by atoms with Crippen LogP contribution in [0.1, 0.15) is 22.6 Å². The van der Waals surface area contributed by atoms with Gasteiger partial charge in [0.05, 0.1) is 0 Å². The number of hydrogen-bond acceptors (Lipinski definition) is 5. The van der Waals surface area contributed by atoms with E-state index in [1.54, 1.807) is 0 Å². The van der Waals surface area contributed by atoms with Crippen LogP contribution in [0, 0.1) is 0 Å². The molecule has 8 N–H and O–H groups in total. The molecule has 0 aliphatic carbocycles. The van der Waals surface area contributed by atoms with Crippen LogP contribution in [0.5, 0.6) is 0 Å². The Morgan fingerprint density at radius 3 is 1.63 bits per heavy atom. The molecule has 0 heterocycles. The molecule has 0 aliphatic heterocycles. The van der Waals surface area contributed by atoms with Crippen molar-refractivity contribution in [1.82, 2.24) is 0 Å². The first kappa shape index (κ1) is 24.9. The number of aliphatic hydroxyl groups is 1. The molecule has 0 saturated heterocycles. The Balaban J connectivity index is -0.000000108. The monoisotopic (exact) mass is 351 g/mol. The van der Waals surface area contributed by atoms with Crippen molar-refractivity contribution in [2.24, 2.45) is 5.73 Å². The summed E-state index contributed by atoms with van der Waals surface area (Å²) in [5, 5.41) is 13.3. The molecule has 0 fully saturated rings. The van der Waals surface area contributed by atoms with Crippen molar-refractivity contribution in [3.63, 3.8) is 0 Å². The number of hydrogen-bond donors (Lipinski definition) is 7. The first-order chi connectivity index (χ1) is 7.79. The molecule has 0 aromatic rings. The summed E-state index contributed by atoms with van der Waals surface area (Å²) in [5.41, 5.74) is 5.01. The minimum atomic E-state index is -5.30. The molecule has 0 radical (unpaired) electrons. The molecule has 0 saturated carbocycles. The zero-order valence-corrected chi connectivity index (χ0v) is 14.2. The van der Waals surface area contributed by atoms with Crippen LogP contribution in [-0.4, -0.2) is 85.1 Å². The molecule has 0 unspecified atom stereocenters. The summed E-state index contributed by atoms with van der Waals surface area (Å²) in [6, 6.07) is 0. The molecule has 0 atom stereocenters. The van der Waals surface area contributed by atoms with Crippen molar-refractivity contribution in [2.45, 2.75) is 24.8 Å². The molecule has 10 nitrogen and oxygen atoms in total. The molecule has 0 aromatic heterocycles. The molecule has 0 rings (SSSR count). The Hall–Kier alpha value is 0.950. The van der Waals surface area contributed by atoms with Crippen LogP contribution in [-0.2, 0) is 13.9 Å². The number of aliphatic carboxylic acids is 1. The Bertz CT molecular complexity index is 347. The maximum atomic E-state index is 10.7. The van der Waals surface area contributed by atoms with Crippen molar-refractivity contribution in [3.8, 4) is 0 Å². The summed E-state index contributed by atoms with van der Waals surface area (Å²) in [7, 11) is -10.6. The van der Waals surface area contributed by atoms with E-state index in [1.165, 1.54) is 0 Å². The molecule has 0 aromatic carbocycles. The Morgan fingerprint density at radius 2 is 1.47 bits per heavy atom. The van der Waals surface area contributed by atoms with Crippen LogP contribution in [0.3, 0.4) is 0 Å². The van der Waals surface area contributed by atoms with Gasteiger partial charge in [-0.3, -0.25) is 13.9 Å². The van der Waals surface area contributed by atoms with E-state index in [-0.39, 0.29) is 53.6 Å². The average molecular weight is 351 g/mol. The van der Waals surface area contributed by atoms with Gasteiger partial charge >= 0.3 is 52.9 Å². The quantitative estimate of drug-likeness (QED) is 0.230. The summed E-state index contributed by atoms with van der Waals surface area (Å²) in [4.78, 5) is 43.5. The summed E-state index contributed by atoms with van der Waals surface area (Å²) >= 11 is 0. The zero-order chi connectivity index (χ0) is 15.2. The Labute approximate surface area is 142 Å². The summed E-state index contributed by atoms with van der Waals surface area (Å²) in [6.45, 7) is 1.04. The predicted octanol–water partition coefficient (Wildman–Crippen LogP) is -1.34. The van der Waals surface area contributed by atoms with Gasteiger partial charge in [0, 0.05) is 13.3 Å². The smallest absolute Gasteiger partial charge is 1.00 e. The van der Waals surface area contributed by atoms with Crippen LogP contribution in [0.2, 0.25) is 0 Å². The maximum Gasteiger partial charge on any atom is 2.00 e. The van der Waals surface area contributed by atoms with Crippen LogP contribution < -0.4 is 5.73 Å². The number of carboxylic acids is 1. The van der Waals surface area contributed by atoms with Gasteiger partial charge in [-0.2, -0.15) is 0 Å². The predicted molar refractivity (Wildman–Crippen MR) is 68.6 cm³/mol. The fourth-order valence-corrected chi connectivity index (χ4v) is 3.06. The van der Waals surface area contributed by atoms with Crippen molar-refractivity contribution in [2.75, 3.05) is 6.54 Å². The van der Waals surface area contributed by atoms with Crippen LogP contribution in [0.4, 0.5) is 0 Å². The second-order valence-electron chi connectivity index (χ2n) is 3.27. The van der Waals surface area contributed by atoms with Gasteiger partial charge in [0.2, 0.25) is 0 Å². The van der Waals surface area contributed by atoms with Crippen molar-refractivity contribution in [3.05, 3.63) is 0 Å². The van der Waals surface area contributed by atoms with E-state index in [2.05, 4.69) is 0 Å². The normalized spacial score (nSPS) is 11.9. The molecule has 0 bridgehead atoms. The van der Waals surface area contributed by atoms with E-state index in [9.17, 15) is 14.2 Å². The average Bonchev–Trinajstić information content (AvgIpc) is 2.09. The minimum absolute atomic E-state index is 0. The molecular formula is C6H19CaNO9P2. The van der Waals surface area contributed by atoms with E-state index >= 15 is 0 Å². The third-order valence-corrected chi connectivity index (χ3v) is 5.53. The fourth-order valence-electron chi connectivity index (χ4n) is 0.800. The molecule has 0 amide bonds. The van der Waals surface area contributed by atoms with Gasteiger partial charge in [-0.05, 0) is 13.0 Å². The third-order valence-electron chi connectivity index (χ3n) is 1.65. The number of nitrogens with two attached hydrogens (primary N) is 1. The maximum absolute atomic E-state index is 10.7. The number of rotatable bonds is 5. The van der Waals surface area contributed by atoms with E-state index < -0.39 is 32.7 Å². The second kappa shape index (κ2) is 9.81. The summed E-state index contributed by atoms with van der Waals surface area (Å²) in [6.07, 6.45) is -0.856. The Kier molecular flexibility index (Phi) is 12.9. The second-order valence-corrected chi connectivity index (χ2v) is 7.28. The molecular weight excluding hydrogens is 332 g/mol. The number of carboxylic acid groups (broad SMARTS) is 1. The standard InChI is InChI=1S/C4H13NO7P2.C2H4O2.Ca.2H/c5-3-1-2-4(6,13(7,8)9)14(10,11)12;1-2(3)4;;;/h6H,1-3,5H2,(H2,7,8,9)(H2,10,11,12);1H3,(H,3,4);;;/q;;+2;2*-1. The van der Waals surface area contributed by atoms with Gasteiger partial charge < -0.3 is 38.4 Å². The molecule has 19 heavy (non-hydrogen) atoms. The van der Waals surface area contributed by atoms with Crippen LogP contribution in [0.15, 0.2) is 0 Å². The van der Waals surface area contributed by atoms with Gasteiger partial charge in [-0.1, -0.05) is 0 Å². The van der Waals surface area contributed by atoms with Crippen LogP contribution in [0.25, 0.3) is 0 Å².